The van der Waals surface area contributed by atoms with Crippen LogP contribution in [0.1, 0.15) is 30.8 Å². The van der Waals surface area contributed by atoms with Crippen LogP contribution >= 0.6 is 0 Å². The Morgan fingerprint density at radius 2 is 2.33 bits per heavy atom. The Morgan fingerprint density at radius 3 is 2.95 bits per heavy atom. The van der Waals surface area contributed by atoms with Crippen molar-refractivity contribution in [1.29, 1.82) is 0 Å². The van der Waals surface area contributed by atoms with E-state index in [2.05, 4.69) is 10.3 Å². The summed E-state index contributed by atoms with van der Waals surface area (Å²) in [6.45, 7) is 5.17. The lowest BCUT2D eigenvalue weighted by Crippen LogP contribution is -2.34. The van der Waals surface area contributed by atoms with Crippen molar-refractivity contribution in [3.63, 3.8) is 0 Å². The summed E-state index contributed by atoms with van der Waals surface area (Å²) in [6, 6.07) is 3.49. The van der Waals surface area contributed by atoms with Crippen LogP contribution in [0.5, 0.6) is 5.75 Å². The van der Waals surface area contributed by atoms with E-state index in [1.54, 1.807) is 19.2 Å². The molecule has 0 spiro atoms. The molecule has 1 aliphatic rings. The summed E-state index contributed by atoms with van der Waals surface area (Å²) in [7, 11) is 1.54. The van der Waals surface area contributed by atoms with E-state index in [0.717, 1.165) is 0 Å². The molecule has 2 amide bonds. The molecule has 1 N–H and O–H groups in total. The van der Waals surface area contributed by atoms with Crippen LogP contribution in [0.25, 0.3) is 0 Å². The topological polar surface area (TPSA) is 71.5 Å². The third-order valence-electron chi connectivity index (χ3n) is 3.61. The molecule has 0 aromatic carbocycles. The fourth-order valence-electron chi connectivity index (χ4n) is 2.43. The number of ether oxygens (including phenoxy) is 1. The van der Waals surface area contributed by atoms with Gasteiger partial charge in [-0.2, -0.15) is 0 Å². The molecule has 1 saturated heterocycles. The van der Waals surface area contributed by atoms with Crippen LogP contribution in [0.2, 0.25) is 0 Å². The zero-order chi connectivity index (χ0) is 15.4. The molecule has 21 heavy (non-hydrogen) atoms. The molecular formula is C15H21N3O3. The van der Waals surface area contributed by atoms with Crippen LogP contribution in [0.15, 0.2) is 18.3 Å². The predicted molar refractivity (Wildman–Crippen MR) is 78.1 cm³/mol. The van der Waals surface area contributed by atoms with Crippen LogP contribution in [0, 0.1) is 5.92 Å². The summed E-state index contributed by atoms with van der Waals surface area (Å²) in [6.07, 6.45) is 2.03. The van der Waals surface area contributed by atoms with Gasteiger partial charge in [-0.1, -0.05) is 0 Å². The van der Waals surface area contributed by atoms with Crippen molar-refractivity contribution in [2.45, 2.75) is 26.3 Å². The Morgan fingerprint density at radius 1 is 1.57 bits per heavy atom. The smallest absolute Gasteiger partial charge is 0.270 e. The van der Waals surface area contributed by atoms with Crippen LogP contribution in [0.3, 0.4) is 0 Å². The summed E-state index contributed by atoms with van der Waals surface area (Å²) < 4.78 is 5.07. The van der Waals surface area contributed by atoms with Crippen molar-refractivity contribution < 1.29 is 14.3 Å². The number of carbonyl (C=O) groups excluding carboxylic acids is 2. The number of nitrogens with zero attached hydrogens (tertiary/aromatic N) is 2. The van der Waals surface area contributed by atoms with Gasteiger partial charge >= 0.3 is 0 Å². The Kier molecular flexibility index (Phi) is 4.77. The summed E-state index contributed by atoms with van der Waals surface area (Å²) in [5.74, 6) is 0.666. The molecule has 2 rings (SSSR count). The fourth-order valence-corrected chi connectivity index (χ4v) is 2.43. The monoisotopic (exact) mass is 291 g/mol. The first-order valence-electron chi connectivity index (χ1n) is 7.09. The number of pyridine rings is 1. The standard InChI is InChI=1S/C15H21N3O3/c1-10(2)18-9-11(6-14(18)19)8-17-15(20)13-7-12(21-3)4-5-16-13/h4-5,7,10-11H,6,8-9H2,1-3H3,(H,17,20)/t11-/m0/s1. The molecule has 6 heteroatoms. The number of hydrogen-bond donors (Lipinski definition) is 1. The summed E-state index contributed by atoms with van der Waals surface area (Å²) in [5, 5.41) is 2.84. The normalized spacial score (nSPS) is 18.2. The summed E-state index contributed by atoms with van der Waals surface area (Å²) in [5.41, 5.74) is 0.319. The number of aromatic nitrogens is 1. The van der Waals surface area contributed by atoms with Crippen molar-refractivity contribution in [3.8, 4) is 5.75 Å². The molecule has 0 unspecified atom stereocenters. The maximum absolute atomic E-state index is 12.0. The first-order valence-corrected chi connectivity index (χ1v) is 7.09. The molecule has 1 aromatic rings. The van der Waals surface area contributed by atoms with Gasteiger partial charge in [-0.15, -0.1) is 0 Å². The summed E-state index contributed by atoms with van der Waals surface area (Å²) in [4.78, 5) is 29.7. The second kappa shape index (κ2) is 6.56. The highest BCUT2D eigenvalue weighted by atomic mass is 16.5. The van der Waals surface area contributed by atoms with Crippen molar-refractivity contribution in [3.05, 3.63) is 24.0 Å². The van der Waals surface area contributed by atoms with Crippen LogP contribution in [0.4, 0.5) is 0 Å². The molecule has 1 aliphatic heterocycles. The lowest BCUT2D eigenvalue weighted by atomic mass is 10.1. The molecule has 0 bridgehead atoms. The average Bonchev–Trinajstić information content (AvgIpc) is 2.86. The maximum Gasteiger partial charge on any atom is 0.270 e. The minimum Gasteiger partial charge on any atom is -0.497 e. The van der Waals surface area contributed by atoms with Gasteiger partial charge in [-0.25, -0.2) is 0 Å². The van der Waals surface area contributed by atoms with Crippen molar-refractivity contribution in [2.75, 3.05) is 20.2 Å². The van der Waals surface area contributed by atoms with Gasteiger partial charge in [0.05, 0.1) is 7.11 Å². The number of likely N-dealkylation sites (tertiary alicyclic amines) is 1. The van der Waals surface area contributed by atoms with Gasteiger partial charge < -0.3 is 15.0 Å². The molecule has 1 aromatic heterocycles. The lowest BCUT2D eigenvalue weighted by Gasteiger charge is -2.21. The van der Waals surface area contributed by atoms with E-state index in [0.29, 0.717) is 31.0 Å². The predicted octanol–water partition coefficient (Wildman–Crippen LogP) is 1.08. The van der Waals surface area contributed by atoms with Crippen LogP contribution < -0.4 is 10.1 Å². The van der Waals surface area contributed by atoms with E-state index >= 15 is 0 Å². The molecule has 0 saturated carbocycles. The molecule has 0 aliphatic carbocycles. The molecule has 1 atom stereocenters. The summed E-state index contributed by atoms with van der Waals surface area (Å²) >= 11 is 0. The molecule has 2 heterocycles. The Hall–Kier alpha value is -2.11. The van der Waals surface area contributed by atoms with E-state index < -0.39 is 0 Å². The van der Waals surface area contributed by atoms with Gasteiger partial charge in [0.15, 0.2) is 0 Å². The first-order chi connectivity index (χ1) is 10.0. The van der Waals surface area contributed by atoms with Crippen molar-refractivity contribution in [1.82, 2.24) is 15.2 Å². The quantitative estimate of drug-likeness (QED) is 0.881. The Balaban J connectivity index is 1.88. The maximum atomic E-state index is 12.0. The molecular weight excluding hydrogens is 270 g/mol. The van der Waals surface area contributed by atoms with Gasteiger partial charge in [0.2, 0.25) is 5.91 Å². The van der Waals surface area contributed by atoms with Crippen molar-refractivity contribution in [2.24, 2.45) is 5.92 Å². The fraction of sp³-hybridized carbons (Fsp3) is 0.533. The highest BCUT2D eigenvalue weighted by Gasteiger charge is 2.31. The number of amides is 2. The van der Waals surface area contributed by atoms with Crippen LogP contribution in [-0.4, -0.2) is 47.9 Å². The number of nitrogens with one attached hydrogen (secondary N) is 1. The third-order valence-corrected chi connectivity index (χ3v) is 3.61. The second-order valence-corrected chi connectivity index (χ2v) is 5.50. The number of carbonyl (C=O) groups is 2. The van der Waals surface area contributed by atoms with E-state index in [1.807, 2.05) is 18.7 Å². The second-order valence-electron chi connectivity index (χ2n) is 5.50. The largest absolute Gasteiger partial charge is 0.497 e. The van der Waals surface area contributed by atoms with Crippen molar-refractivity contribution >= 4 is 11.8 Å². The van der Waals surface area contributed by atoms with Gasteiger partial charge in [0, 0.05) is 43.7 Å². The van der Waals surface area contributed by atoms with Gasteiger partial charge in [0.25, 0.3) is 5.91 Å². The SMILES string of the molecule is COc1ccnc(C(=O)NC[C@@H]2CC(=O)N(C(C)C)C2)c1. The Labute approximate surface area is 124 Å². The minimum absolute atomic E-state index is 0.156. The van der Waals surface area contributed by atoms with Gasteiger partial charge in [-0.3, -0.25) is 14.6 Å². The third kappa shape index (κ3) is 3.71. The van der Waals surface area contributed by atoms with E-state index in [9.17, 15) is 9.59 Å². The number of methoxy groups -OCH3 is 1. The highest BCUT2D eigenvalue weighted by Crippen LogP contribution is 2.19. The lowest BCUT2D eigenvalue weighted by molar-refractivity contribution is -0.129. The Bertz CT molecular complexity index is 531. The van der Waals surface area contributed by atoms with E-state index in [1.165, 1.54) is 6.20 Å². The van der Waals surface area contributed by atoms with Crippen LogP contribution in [-0.2, 0) is 4.79 Å². The number of hydrogen-bond acceptors (Lipinski definition) is 4. The first kappa shape index (κ1) is 15.3. The zero-order valence-electron chi connectivity index (χ0n) is 12.6. The number of rotatable bonds is 5. The van der Waals surface area contributed by atoms with E-state index in [4.69, 9.17) is 4.74 Å². The molecule has 6 nitrogen and oxygen atoms in total. The minimum atomic E-state index is -0.246. The van der Waals surface area contributed by atoms with Gasteiger partial charge in [0.1, 0.15) is 11.4 Å². The zero-order valence-corrected chi connectivity index (χ0v) is 12.6. The molecule has 1 fully saturated rings. The van der Waals surface area contributed by atoms with E-state index in [-0.39, 0.29) is 23.8 Å². The highest BCUT2D eigenvalue weighted by molar-refractivity contribution is 5.92. The molecule has 114 valence electrons. The van der Waals surface area contributed by atoms with Gasteiger partial charge in [-0.05, 0) is 19.9 Å². The molecule has 0 radical (unpaired) electrons. The average molecular weight is 291 g/mol.